The van der Waals surface area contributed by atoms with Crippen LogP contribution in [-0.2, 0) is 9.22 Å². The molecule has 1 saturated heterocycles. The van der Waals surface area contributed by atoms with E-state index in [1.54, 1.807) is 11.3 Å². The van der Waals surface area contributed by atoms with Crippen LogP contribution < -0.4 is 5.32 Å². The Morgan fingerprint density at radius 1 is 1.33 bits per heavy atom. The van der Waals surface area contributed by atoms with E-state index in [4.69, 9.17) is 4.43 Å². The van der Waals surface area contributed by atoms with Gasteiger partial charge in [0.25, 0.3) is 5.91 Å². The van der Waals surface area contributed by atoms with Gasteiger partial charge in [-0.15, -0.1) is 11.3 Å². The van der Waals surface area contributed by atoms with Crippen LogP contribution in [0, 0.1) is 0 Å². The Balaban J connectivity index is 2.09. The fraction of sp³-hybridized carbons (Fsp3) is 0.615. The number of rotatable bonds is 6. The highest BCUT2D eigenvalue weighted by Crippen LogP contribution is 2.34. The molecular formula is C13H21NO2SSi. The van der Waals surface area contributed by atoms with Crippen LogP contribution in [0.25, 0.3) is 0 Å². The Kier molecular flexibility index (Phi) is 4.24. The molecule has 2 rings (SSSR count). The van der Waals surface area contributed by atoms with E-state index in [2.05, 4.69) is 32.2 Å². The van der Waals surface area contributed by atoms with Gasteiger partial charge in [0, 0.05) is 4.88 Å². The SMILES string of the molecule is CC[Si](CC)(CC)O[C@@H]1C(=O)N[C@@H]1c1cccs1. The minimum atomic E-state index is -1.70. The van der Waals surface area contributed by atoms with Gasteiger partial charge in [-0.25, -0.2) is 0 Å². The molecule has 1 fully saturated rings. The lowest BCUT2D eigenvalue weighted by molar-refractivity contribution is -0.141. The number of hydrogen-bond donors (Lipinski definition) is 1. The van der Waals surface area contributed by atoms with E-state index in [1.165, 1.54) is 4.88 Å². The summed E-state index contributed by atoms with van der Waals surface area (Å²) < 4.78 is 6.30. The lowest BCUT2D eigenvalue weighted by Gasteiger charge is -2.42. The smallest absolute Gasteiger partial charge is 0.251 e. The normalized spacial score (nSPS) is 23.6. The van der Waals surface area contributed by atoms with Crippen LogP contribution in [0.3, 0.4) is 0 Å². The average molecular weight is 283 g/mol. The van der Waals surface area contributed by atoms with Crippen LogP contribution in [0.15, 0.2) is 17.5 Å². The van der Waals surface area contributed by atoms with Crippen LogP contribution in [-0.4, -0.2) is 20.3 Å². The van der Waals surface area contributed by atoms with Gasteiger partial charge in [-0.05, 0) is 29.6 Å². The van der Waals surface area contributed by atoms with Crippen molar-refractivity contribution in [2.75, 3.05) is 0 Å². The number of carbonyl (C=O) groups excluding carboxylic acids is 1. The number of thiophene rings is 1. The van der Waals surface area contributed by atoms with Gasteiger partial charge in [0.15, 0.2) is 8.32 Å². The predicted octanol–water partition coefficient (Wildman–Crippen LogP) is 3.31. The Hall–Kier alpha value is -0.653. The van der Waals surface area contributed by atoms with Gasteiger partial charge < -0.3 is 9.74 Å². The quantitative estimate of drug-likeness (QED) is 0.642. The zero-order valence-electron chi connectivity index (χ0n) is 11.2. The Bertz CT molecular complexity index is 395. The van der Waals surface area contributed by atoms with E-state index in [1.807, 2.05) is 11.4 Å². The molecule has 1 N–H and O–H groups in total. The van der Waals surface area contributed by atoms with Gasteiger partial charge in [0.2, 0.25) is 0 Å². The monoisotopic (exact) mass is 283 g/mol. The summed E-state index contributed by atoms with van der Waals surface area (Å²) in [6.07, 6.45) is -0.254. The first kappa shape index (κ1) is 13.8. The van der Waals surface area contributed by atoms with Gasteiger partial charge in [-0.1, -0.05) is 26.8 Å². The molecule has 18 heavy (non-hydrogen) atoms. The van der Waals surface area contributed by atoms with Crippen molar-refractivity contribution < 1.29 is 9.22 Å². The molecule has 1 aliphatic rings. The topological polar surface area (TPSA) is 38.3 Å². The van der Waals surface area contributed by atoms with Gasteiger partial charge in [-0.3, -0.25) is 4.79 Å². The number of hydrogen-bond acceptors (Lipinski definition) is 3. The molecule has 0 spiro atoms. The third-order valence-corrected chi connectivity index (χ3v) is 9.59. The standard InChI is InChI=1S/C13H21NO2SSi/c1-4-18(5-2,6-3)16-12-11(14-13(12)15)10-8-7-9-17-10/h7-9,11-12H,4-6H2,1-3H3,(H,14,15)/t11-,12+/m1/s1. The van der Waals surface area contributed by atoms with E-state index in [-0.39, 0.29) is 18.1 Å². The zero-order valence-corrected chi connectivity index (χ0v) is 13.0. The van der Waals surface area contributed by atoms with E-state index in [0.29, 0.717) is 0 Å². The first-order chi connectivity index (χ1) is 8.65. The Morgan fingerprint density at radius 2 is 2.00 bits per heavy atom. The van der Waals surface area contributed by atoms with Crippen molar-refractivity contribution >= 4 is 25.6 Å². The second-order valence-corrected chi connectivity index (χ2v) is 10.5. The summed E-state index contributed by atoms with van der Waals surface area (Å²) in [6, 6.07) is 7.42. The lowest BCUT2D eigenvalue weighted by Crippen LogP contribution is -2.60. The minimum Gasteiger partial charge on any atom is -0.403 e. The van der Waals surface area contributed by atoms with E-state index in [9.17, 15) is 4.79 Å². The highest BCUT2D eigenvalue weighted by atomic mass is 32.1. The maximum absolute atomic E-state index is 11.8. The van der Waals surface area contributed by atoms with Crippen molar-refractivity contribution in [3.63, 3.8) is 0 Å². The molecule has 0 radical (unpaired) electrons. The Morgan fingerprint density at radius 3 is 2.44 bits per heavy atom. The average Bonchev–Trinajstić information content (AvgIpc) is 2.91. The maximum Gasteiger partial charge on any atom is 0.251 e. The second-order valence-electron chi connectivity index (χ2n) is 4.78. The molecule has 100 valence electrons. The summed E-state index contributed by atoms with van der Waals surface area (Å²) in [7, 11) is -1.70. The summed E-state index contributed by atoms with van der Waals surface area (Å²) in [4.78, 5) is 13.0. The molecule has 0 unspecified atom stereocenters. The number of nitrogens with one attached hydrogen (secondary N) is 1. The molecule has 1 aromatic heterocycles. The van der Waals surface area contributed by atoms with Crippen LogP contribution in [0.4, 0.5) is 0 Å². The number of amides is 1. The van der Waals surface area contributed by atoms with Gasteiger partial charge in [0.1, 0.15) is 6.10 Å². The van der Waals surface area contributed by atoms with E-state index in [0.717, 1.165) is 18.1 Å². The van der Waals surface area contributed by atoms with Gasteiger partial charge >= 0.3 is 0 Å². The fourth-order valence-corrected chi connectivity index (χ4v) is 6.03. The van der Waals surface area contributed by atoms with E-state index >= 15 is 0 Å². The number of β-lactam (4-membered cyclic amide) rings is 1. The maximum atomic E-state index is 11.8. The van der Waals surface area contributed by atoms with Crippen molar-refractivity contribution in [2.24, 2.45) is 0 Å². The molecule has 2 atom stereocenters. The zero-order chi connectivity index (χ0) is 13.2. The molecule has 0 aliphatic carbocycles. The first-order valence-electron chi connectivity index (χ1n) is 6.67. The van der Waals surface area contributed by atoms with Crippen molar-refractivity contribution in [1.82, 2.24) is 5.32 Å². The van der Waals surface area contributed by atoms with Gasteiger partial charge in [0.05, 0.1) is 6.04 Å². The van der Waals surface area contributed by atoms with Crippen molar-refractivity contribution in [2.45, 2.75) is 51.0 Å². The van der Waals surface area contributed by atoms with Gasteiger partial charge in [-0.2, -0.15) is 0 Å². The molecule has 0 bridgehead atoms. The molecule has 3 nitrogen and oxygen atoms in total. The predicted molar refractivity (Wildman–Crippen MR) is 77.3 cm³/mol. The molecule has 1 aliphatic heterocycles. The molecule has 1 aromatic rings. The second kappa shape index (κ2) is 5.55. The third-order valence-electron chi connectivity index (χ3n) is 4.02. The molecule has 0 aromatic carbocycles. The lowest BCUT2D eigenvalue weighted by atomic mass is 10.0. The molecular weight excluding hydrogens is 262 g/mol. The summed E-state index contributed by atoms with van der Waals surface area (Å²) in [5, 5.41) is 5.00. The van der Waals surface area contributed by atoms with Crippen molar-refractivity contribution in [3.8, 4) is 0 Å². The third kappa shape index (κ3) is 2.39. The fourth-order valence-electron chi connectivity index (χ4n) is 2.45. The van der Waals surface area contributed by atoms with Crippen molar-refractivity contribution in [3.05, 3.63) is 22.4 Å². The van der Waals surface area contributed by atoms with Crippen LogP contribution in [0.5, 0.6) is 0 Å². The number of carbonyl (C=O) groups is 1. The summed E-state index contributed by atoms with van der Waals surface area (Å²) in [6.45, 7) is 6.57. The first-order valence-corrected chi connectivity index (χ1v) is 10.1. The van der Waals surface area contributed by atoms with Crippen molar-refractivity contribution in [1.29, 1.82) is 0 Å². The highest BCUT2D eigenvalue weighted by Gasteiger charge is 2.46. The molecule has 1 amide bonds. The summed E-state index contributed by atoms with van der Waals surface area (Å²) >= 11 is 1.68. The molecule has 5 heteroatoms. The summed E-state index contributed by atoms with van der Waals surface area (Å²) in [5.41, 5.74) is 0. The molecule has 2 heterocycles. The summed E-state index contributed by atoms with van der Waals surface area (Å²) in [5.74, 6) is 0.0561. The largest absolute Gasteiger partial charge is 0.403 e. The minimum absolute atomic E-state index is 0.0561. The van der Waals surface area contributed by atoms with Crippen LogP contribution in [0.2, 0.25) is 18.1 Å². The highest BCUT2D eigenvalue weighted by molar-refractivity contribution is 7.10. The molecule has 0 saturated carbocycles. The van der Waals surface area contributed by atoms with Crippen LogP contribution >= 0.6 is 11.3 Å². The van der Waals surface area contributed by atoms with Crippen LogP contribution in [0.1, 0.15) is 31.7 Å². The Labute approximate surface area is 114 Å². The van der Waals surface area contributed by atoms with E-state index < -0.39 is 8.32 Å².